The number of nitrogens with zero attached hydrogens (tertiary/aromatic N) is 2. The molecule has 2 heterocycles. The number of furan rings is 1. The number of hydrogen-bond donors (Lipinski definition) is 1. The largest absolute Gasteiger partial charge is 0.478 e. The van der Waals surface area contributed by atoms with Crippen LogP contribution in [0.3, 0.4) is 0 Å². The standard InChI is InChI=1S/C14H19N3O2/c1-5-18-13-6-7-15-14(17-13)16-10(3)12-8-9(2)19-11(12)4/h6-8,10H,5H2,1-4H3,(H,15,16,17). The number of aryl methyl sites for hydroxylation is 2. The minimum atomic E-state index is 0.0781. The van der Waals surface area contributed by atoms with Crippen LogP contribution in [-0.2, 0) is 0 Å². The highest BCUT2D eigenvalue weighted by molar-refractivity contribution is 5.34. The molecule has 0 aliphatic carbocycles. The van der Waals surface area contributed by atoms with Crippen molar-refractivity contribution in [3.63, 3.8) is 0 Å². The van der Waals surface area contributed by atoms with E-state index < -0.39 is 0 Å². The summed E-state index contributed by atoms with van der Waals surface area (Å²) in [6.07, 6.45) is 1.68. The van der Waals surface area contributed by atoms with Crippen molar-refractivity contribution in [1.82, 2.24) is 9.97 Å². The fourth-order valence-electron chi connectivity index (χ4n) is 1.99. The van der Waals surface area contributed by atoms with Crippen LogP contribution in [0.25, 0.3) is 0 Å². The minimum absolute atomic E-state index is 0.0781. The minimum Gasteiger partial charge on any atom is -0.478 e. The normalized spacial score (nSPS) is 12.2. The third kappa shape index (κ3) is 3.24. The quantitative estimate of drug-likeness (QED) is 0.895. The summed E-state index contributed by atoms with van der Waals surface area (Å²) in [5.41, 5.74) is 1.11. The van der Waals surface area contributed by atoms with Crippen LogP contribution >= 0.6 is 0 Å². The topological polar surface area (TPSA) is 60.2 Å². The van der Waals surface area contributed by atoms with Gasteiger partial charge in [0.05, 0.1) is 12.6 Å². The van der Waals surface area contributed by atoms with Crippen molar-refractivity contribution in [2.75, 3.05) is 11.9 Å². The van der Waals surface area contributed by atoms with E-state index in [0.29, 0.717) is 18.4 Å². The van der Waals surface area contributed by atoms with E-state index in [1.807, 2.05) is 33.8 Å². The lowest BCUT2D eigenvalue weighted by Gasteiger charge is -2.13. The lowest BCUT2D eigenvalue weighted by Crippen LogP contribution is -2.10. The molecule has 0 radical (unpaired) electrons. The predicted molar refractivity (Wildman–Crippen MR) is 73.4 cm³/mol. The van der Waals surface area contributed by atoms with Gasteiger partial charge in [-0.1, -0.05) is 0 Å². The average Bonchev–Trinajstić information content (AvgIpc) is 2.69. The van der Waals surface area contributed by atoms with Gasteiger partial charge < -0.3 is 14.5 Å². The zero-order valence-corrected chi connectivity index (χ0v) is 11.7. The molecule has 1 N–H and O–H groups in total. The molecule has 0 fully saturated rings. The number of rotatable bonds is 5. The molecule has 0 aromatic carbocycles. The summed E-state index contributed by atoms with van der Waals surface area (Å²) in [4.78, 5) is 8.48. The molecule has 102 valence electrons. The number of hydrogen-bond acceptors (Lipinski definition) is 5. The Morgan fingerprint density at radius 2 is 2.21 bits per heavy atom. The van der Waals surface area contributed by atoms with Gasteiger partial charge in [0.1, 0.15) is 11.5 Å². The first kappa shape index (κ1) is 13.4. The average molecular weight is 261 g/mol. The summed E-state index contributed by atoms with van der Waals surface area (Å²) >= 11 is 0. The van der Waals surface area contributed by atoms with Crippen LogP contribution in [-0.4, -0.2) is 16.6 Å². The van der Waals surface area contributed by atoms with E-state index in [-0.39, 0.29) is 6.04 Å². The van der Waals surface area contributed by atoms with E-state index >= 15 is 0 Å². The Bertz CT molecular complexity index is 551. The second-order valence-electron chi connectivity index (χ2n) is 4.39. The molecule has 0 saturated heterocycles. The van der Waals surface area contributed by atoms with Gasteiger partial charge in [-0.15, -0.1) is 0 Å². The highest BCUT2D eigenvalue weighted by Crippen LogP contribution is 2.24. The molecular formula is C14H19N3O2. The summed E-state index contributed by atoms with van der Waals surface area (Å²) in [5, 5.41) is 3.25. The molecule has 5 heteroatoms. The number of ether oxygens (including phenoxy) is 1. The zero-order valence-electron chi connectivity index (χ0n) is 11.7. The Labute approximate surface area is 113 Å². The molecule has 19 heavy (non-hydrogen) atoms. The second-order valence-corrected chi connectivity index (χ2v) is 4.39. The first-order valence-corrected chi connectivity index (χ1v) is 6.39. The van der Waals surface area contributed by atoms with Gasteiger partial charge in [-0.25, -0.2) is 4.98 Å². The van der Waals surface area contributed by atoms with Crippen LogP contribution in [0.2, 0.25) is 0 Å². The van der Waals surface area contributed by atoms with E-state index in [9.17, 15) is 0 Å². The fraction of sp³-hybridized carbons (Fsp3) is 0.429. The summed E-state index contributed by atoms with van der Waals surface area (Å²) in [6, 6.07) is 3.85. The second kappa shape index (κ2) is 5.73. The summed E-state index contributed by atoms with van der Waals surface area (Å²) in [5.74, 6) is 2.95. The van der Waals surface area contributed by atoms with E-state index in [1.165, 1.54) is 0 Å². The van der Waals surface area contributed by atoms with Crippen molar-refractivity contribution in [1.29, 1.82) is 0 Å². The van der Waals surface area contributed by atoms with Crippen LogP contribution < -0.4 is 10.1 Å². The maximum atomic E-state index is 5.53. The maximum absolute atomic E-state index is 5.53. The summed E-state index contributed by atoms with van der Waals surface area (Å²) < 4.78 is 10.9. The molecule has 0 amide bonds. The van der Waals surface area contributed by atoms with Crippen molar-refractivity contribution in [3.8, 4) is 5.88 Å². The van der Waals surface area contributed by atoms with Gasteiger partial charge in [0.15, 0.2) is 0 Å². The first-order chi connectivity index (χ1) is 9.10. The Morgan fingerprint density at radius 3 is 2.84 bits per heavy atom. The van der Waals surface area contributed by atoms with Crippen LogP contribution in [0.5, 0.6) is 5.88 Å². The Hall–Kier alpha value is -2.04. The molecule has 2 aromatic heterocycles. The number of aromatic nitrogens is 2. The highest BCUT2D eigenvalue weighted by Gasteiger charge is 2.13. The fourth-order valence-corrected chi connectivity index (χ4v) is 1.99. The number of nitrogens with one attached hydrogen (secondary N) is 1. The molecule has 0 saturated carbocycles. The molecule has 1 atom stereocenters. The molecule has 5 nitrogen and oxygen atoms in total. The predicted octanol–water partition coefficient (Wildman–Crippen LogP) is 3.26. The van der Waals surface area contributed by atoms with Gasteiger partial charge in [0.25, 0.3) is 0 Å². The van der Waals surface area contributed by atoms with Gasteiger partial charge in [0, 0.05) is 17.8 Å². The molecule has 2 rings (SSSR count). The summed E-state index contributed by atoms with van der Waals surface area (Å²) in [7, 11) is 0. The van der Waals surface area contributed by atoms with Crippen LogP contribution in [0, 0.1) is 13.8 Å². The summed E-state index contributed by atoms with van der Waals surface area (Å²) in [6.45, 7) is 8.46. The Kier molecular flexibility index (Phi) is 4.04. The molecule has 0 bridgehead atoms. The van der Waals surface area contributed by atoms with Crippen molar-refractivity contribution in [3.05, 3.63) is 35.4 Å². The van der Waals surface area contributed by atoms with Crippen LogP contribution in [0.1, 0.15) is 37.0 Å². The van der Waals surface area contributed by atoms with Gasteiger partial charge in [-0.05, 0) is 33.8 Å². The molecular weight excluding hydrogens is 242 g/mol. The third-order valence-electron chi connectivity index (χ3n) is 2.81. The van der Waals surface area contributed by atoms with Gasteiger partial charge in [0.2, 0.25) is 11.8 Å². The van der Waals surface area contributed by atoms with E-state index in [4.69, 9.17) is 9.15 Å². The van der Waals surface area contributed by atoms with Crippen molar-refractivity contribution < 1.29 is 9.15 Å². The van der Waals surface area contributed by atoms with Crippen molar-refractivity contribution >= 4 is 5.95 Å². The lowest BCUT2D eigenvalue weighted by atomic mass is 10.1. The smallest absolute Gasteiger partial charge is 0.226 e. The van der Waals surface area contributed by atoms with E-state index in [2.05, 4.69) is 15.3 Å². The van der Waals surface area contributed by atoms with E-state index in [0.717, 1.165) is 17.1 Å². The Morgan fingerprint density at radius 1 is 1.42 bits per heavy atom. The third-order valence-corrected chi connectivity index (χ3v) is 2.81. The first-order valence-electron chi connectivity index (χ1n) is 6.39. The molecule has 0 spiro atoms. The van der Waals surface area contributed by atoms with Gasteiger partial charge in [-0.2, -0.15) is 4.98 Å². The molecule has 0 aliphatic rings. The molecule has 1 unspecified atom stereocenters. The SMILES string of the molecule is CCOc1ccnc(NC(C)c2cc(C)oc2C)n1. The van der Waals surface area contributed by atoms with Gasteiger partial charge in [-0.3, -0.25) is 0 Å². The van der Waals surface area contributed by atoms with Crippen molar-refractivity contribution in [2.24, 2.45) is 0 Å². The zero-order chi connectivity index (χ0) is 13.8. The van der Waals surface area contributed by atoms with Crippen LogP contribution in [0.4, 0.5) is 5.95 Å². The maximum Gasteiger partial charge on any atom is 0.226 e. The van der Waals surface area contributed by atoms with Crippen molar-refractivity contribution in [2.45, 2.75) is 33.7 Å². The molecule has 2 aromatic rings. The van der Waals surface area contributed by atoms with Crippen LogP contribution in [0.15, 0.2) is 22.7 Å². The van der Waals surface area contributed by atoms with E-state index in [1.54, 1.807) is 12.3 Å². The van der Waals surface area contributed by atoms with Gasteiger partial charge >= 0.3 is 0 Å². The monoisotopic (exact) mass is 261 g/mol. The Balaban J connectivity index is 2.12. The number of anilines is 1. The molecule has 0 aliphatic heterocycles. The highest BCUT2D eigenvalue weighted by atomic mass is 16.5. The lowest BCUT2D eigenvalue weighted by molar-refractivity contribution is 0.326.